The minimum Gasteiger partial charge on any atom is -0.493 e. The Morgan fingerprint density at radius 3 is 3.10 bits per heavy atom. The molecule has 0 bridgehead atoms. The number of carbonyl (C=O) groups excluding carboxylic acids is 1. The van der Waals surface area contributed by atoms with Crippen LogP contribution in [0, 0.1) is 0 Å². The minimum absolute atomic E-state index is 0.0356. The van der Waals surface area contributed by atoms with Crippen molar-refractivity contribution in [2.24, 2.45) is 0 Å². The highest BCUT2D eigenvalue weighted by molar-refractivity contribution is 6.30. The number of carbonyl (C=O) groups is 1. The number of ether oxygens (including phenoxy) is 1. The van der Waals surface area contributed by atoms with Gasteiger partial charge in [-0.05, 0) is 18.2 Å². The van der Waals surface area contributed by atoms with Crippen LogP contribution in [-0.2, 0) is 11.2 Å². The summed E-state index contributed by atoms with van der Waals surface area (Å²) in [7, 11) is 0. The number of H-pyrrole nitrogens is 1. The SMILES string of the molecule is O=C(CCOc1cccc(Cl)c1)NCCc1cnc[nH]1. The number of imidazole rings is 1. The average Bonchev–Trinajstić information content (AvgIpc) is 2.92. The van der Waals surface area contributed by atoms with Crippen molar-refractivity contribution in [1.29, 1.82) is 0 Å². The number of hydrogen-bond acceptors (Lipinski definition) is 3. The van der Waals surface area contributed by atoms with Gasteiger partial charge in [-0.25, -0.2) is 4.98 Å². The Morgan fingerprint density at radius 1 is 1.45 bits per heavy atom. The van der Waals surface area contributed by atoms with Crippen molar-refractivity contribution in [1.82, 2.24) is 15.3 Å². The van der Waals surface area contributed by atoms with Crippen LogP contribution < -0.4 is 10.1 Å². The molecule has 0 aliphatic heterocycles. The van der Waals surface area contributed by atoms with E-state index in [9.17, 15) is 4.79 Å². The molecule has 0 atom stereocenters. The van der Waals surface area contributed by atoms with E-state index >= 15 is 0 Å². The van der Waals surface area contributed by atoms with E-state index in [0.717, 1.165) is 12.1 Å². The lowest BCUT2D eigenvalue weighted by atomic mass is 10.3. The lowest BCUT2D eigenvalue weighted by Gasteiger charge is -2.07. The fraction of sp³-hybridized carbons (Fsp3) is 0.286. The molecule has 1 amide bonds. The van der Waals surface area contributed by atoms with E-state index in [0.29, 0.717) is 30.3 Å². The molecule has 2 rings (SSSR count). The summed E-state index contributed by atoms with van der Waals surface area (Å²) in [6, 6.07) is 7.11. The zero-order chi connectivity index (χ0) is 14.2. The second-order valence-corrected chi connectivity index (χ2v) is 4.67. The normalized spacial score (nSPS) is 10.2. The largest absolute Gasteiger partial charge is 0.493 e. The van der Waals surface area contributed by atoms with Crippen molar-refractivity contribution in [3.05, 3.63) is 47.5 Å². The summed E-state index contributed by atoms with van der Waals surface area (Å²) in [6.07, 6.45) is 4.42. The quantitative estimate of drug-likeness (QED) is 0.822. The van der Waals surface area contributed by atoms with Gasteiger partial charge in [-0.15, -0.1) is 0 Å². The third kappa shape index (κ3) is 4.93. The van der Waals surface area contributed by atoms with Crippen LogP contribution in [0.2, 0.25) is 5.02 Å². The van der Waals surface area contributed by atoms with E-state index in [1.54, 1.807) is 24.7 Å². The molecule has 0 radical (unpaired) electrons. The number of rotatable bonds is 7. The number of aromatic amines is 1. The van der Waals surface area contributed by atoms with Crippen LogP contribution in [0.25, 0.3) is 0 Å². The molecule has 0 unspecified atom stereocenters. The van der Waals surface area contributed by atoms with Gasteiger partial charge in [-0.2, -0.15) is 0 Å². The first-order valence-corrected chi connectivity index (χ1v) is 6.74. The summed E-state index contributed by atoms with van der Waals surface area (Å²) in [5.74, 6) is 0.634. The first-order chi connectivity index (χ1) is 9.74. The Kier molecular flexibility index (Phi) is 5.43. The van der Waals surface area contributed by atoms with Crippen molar-refractivity contribution in [3.63, 3.8) is 0 Å². The topological polar surface area (TPSA) is 67.0 Å². The third-order valence-corrected chi connectivity index (χ3v) is 2.90. The summed E-state index contributed by atoms with van der Waals surface area (Å²) in [5, 5.41) is 3.44. The van der Waals surface area contributed by atoms with Gasteiger partial charge in [0.15, 0.2) is 0 Å². The van der Waals surface area contributed by atoms with Gasteiger partial charge in [0.05, 0.1) is 19.4 Å². The maximum Gasteiger partial charge on any atom is 0.223 e. The van der Waals surface area contributed by atoms with E-state index in [4.69, 9.17) is 16.3 Å². The van der Waals surface area contributed by atoms with Gasteiger partial charge in [0.25, 0.3) is 0 Å². The zero-order valence-electron chi connectivity index (χ0n) is 10.9. The molecule has 106 valence electrons. The Balaban J connectivity index is 1.60. The summed E-state index contributed by atoms with van der Waals surface area (Å²) in [5.41, 5.74) is 1.00. The third-order valence-electron chi connectivity index (χ3n) is 2.67. The fourth-order valence-corrected chi connectivity index (χ4v) is 1.85. The first kappa shape index (κ1) is 14.4. The van der Waals surface area contributed by atoms with E-state index in [1.165, 1.54) is 0 Å². The lowest BCUT2D eigenvalue weighted by molar-refractivity contribution is -0.121. The second-order valence-electron chi connectivity index (χ2n) is 4.23. The summed E-state index contributed by atoms with van der Waals surface area (Å²) in [6.45, 7) is 0.911. The van der Waals surface area contributed by atoms with Crippen LogP contribution in [0.3, 0.4) is 0 Å². The van der Waals surface area contributed by atoms with Crippen LogP contribution >= 0.6 is 11.6 Å². The monoisotopic (exact) mass is 293 g/mol. The number of halogens is 1. The van der Waals surface area contributed by atoms with Gasteiger partial charge in [0.2, 0.25) is 5.91 Å². The molecule has 2 N–H and O–H groups in total. The highest BCUT2D eigenvalue weighted by Crippen LogP contribution is 2.16. The van der Waals surface area contributed by atoms with E-state index < -0.39 is 0 Å². The smallest absolute Gasteiger partial charge is 0.223 e. The van der Waals surface area contributed by atoms with Gasteiger partial charge in [-0.3, -0.25) is 4.79 Å². The van der Waals surface area contributed by atoms with Gasteiger partial charge in [0, 0.05) is 29.9 Å². The molecule has 1 aromatic heterocycles. The Morgan fingerprint density at radius 2 is 2.35 bits per heavy atom. The van der Waals surface area contributed by atoms with Gasteiger partial charge in [-0.1, -0.05) is 17.7 Å². The molecule has 1 aromatic carbocycles. The molecule has 5 nitrogen and oxygen atoms in total. The van der Waals surface area contributed by atoms with Crippen LogP contribution in [0.5, 0.6) is 5.75 Å². The number of nitrogens with one attached hydrogen (secondary N) is 2. The Bertz CT molecular complexity index is 543. The lowest BCUT2D eigenvalue weighted by Crippen LogP contribution is -2.27. The van der Waals surface area contributed by atoms with Crippen molar-refractivity contribution in [2.75, 3.05) is 13.2 Å². The summed E-state index contributed by atoms with van der Waals surface area (Å²) >= 11 is 5.84. The maximum atomic E-state index is 11.6. The summed E-state index contributed by atoms with van der Waals surface area (Å²) < 4.78 is 5.45. The molecular weight excluding hydrogens is 278 g/mol. The van der Waals surface area contributed by atoms with E-state index in [2.05, 4.69) is 15.3 Å². The standard InChI is InChI=1S/C14H16ClN3O2/c15-11-2-1-3-13(8-11)20-7-5-14(19)17-6-4-12-9-16-10-18-12/h1-3,8-10H,4-7H2,(H,16,18)(H,17,19). The van der Waals surface area contributed by atoms with Gasteiger partial charge < -0.3 is 15.0 Å². The number of benzene rings is 1. The molecule has 6 heteroatoms. The molecule has 2 aromatic rings. The molecule has 0 saturated heterocycles. The summed E-state index contributed by atoms with van der Waals surface area (Å²) in [4.78, 5) is 18.5. The predicted octanol–water partition coefficient (Wildman–Crippen LogP) is 2.19. The first-order valence-electron chi connectivity index (χ1n) is 6.36. The van der Waals surface area contributed by atoms with Crippen LogP contribution in [-0.4, -0.2) is 29.0 Å². The minimum atomic E-state index is -0.0356. The zero-order valence-corrected chi connectivity index (χ0v) is 11.7. The van der Waals surface area contributed by atoms with E-state index in [-0.39, 0.29) is 5.91 Å². The number of nitrogens with zero attached hydrogens (tertiary/aromatic N) is 1. The average molecular weight is 294 g/mol. The predicted molar refractivity (Wildman–Crippen MR) is 76.9 cm³/mol. The molecule has 20 heavy (non-hydrogen) atoms. The molecule has 0 spiro atoms. The molecule has 0 saturated carbocycles. The van der Waals surface area contributed by atoms with Crippen molar-refractivity contribution < 1.29 is 9.53 Å². The number of aromatic nitrogens is 2. The number of hydrogen-bond donors (Lipinski definition) is 2. The van der Waals surface area contributed by atoms with Gasteiger partial charge in [0.1, 0.15) is 5.75 Å². The van der Waals surface area contributed by atoms with Crippen LogP contribution in [0.4, 0.5) is 0 Å². The highest BCUT2D eigenvalue weighted by Gasteiger charge is 2.02. The van der Waals surface area contributed by atoms with Crippen LogP contribution in [0.15, 0.2) is 36.8 Å². The van der Waals surface area contributed by atoms with Gasteiger partial charge >= 0.3 is 0 Å². The molecule has 1 heterocycles. The number of amides is 1. The Hall–Kier alpha value is -2.01. The Labute approximate surface area is 122 Å². The van der Waals surface area contributed by atoms with E-state index in [1.807, 2.05) is 12.1 Å². The molecular formula is C14H16ClN3O2. The maximum absolute atomic E-state index is 11.6. The molecule has 0 aliphatic carbocycles. The van der Waals surface area contributed by atoms with Crippen molar-refractivity contribution in [2.45, 2.75) is 12.8 Å². The molecule has 0 fully saturated rings. The van der Waals surface area contributed by atoms with Crippen LogP contribution in [0.1, 0.15) is 12.1 Å². The molecule has 0 aliphatic rings. The van der Waals surface area contributed by atoms with Crippen molar-refractivity contribution >= 4 is 17.5 Å². The van der Waals surface area contributed by atoms with Crippen molar-refractivity contribution in [3.8, 4) is 5.75 Å². The highest BCUT2D eigenvalue weighted by atomic mass is 35.5. The fourth-order valence-electron chi connectivity index (χ4n) is 1.66. The second kappa shape index (κ2) is 7.55.